The quantitative estimate of drug-likeness (QED) is 0.543. The van der Waals surface area contributed by atoms with Gasteiger partial charge in [0.15, 0.2) is 0 Å². The average Bonchev–Trinajstić information content (AvgIpc) is 3.15. The number of aryl methyl sites for hydroxylation is 1. The fourth-order valence-electron chi connectivity index (χ4n) is 8.03. The number of nitrogens with zero attached hydrogens (tertiary/aromatic N) is 1. The van der Waals surface area contributed by atoms with Crippen LogP contribution in [0, 0.1) is 45.8 Å². The number of carbonyl (C=O) groups excluding carboxylic acids is 1. The predicted octanol–water partition coefficient (Wildman–Crippen LogP) is 6.83. The zero-order chi connectivity index (χ0) is 21.6. The molecule has 162 valence electrons. The molecule has 31 heavy (non-hydrogen) atoms. The Hall–Kier alpha value is -2.14. The molecular formula is C29H35NO. The Bertz CT molecular complexity index is 966. The highest BCUT2D eigenvalue weighted by molar-refractivity contribution is 5.82. The summed E-state index contributed by atoms with van der Waals surface area (Å²) in [5, 5.41) is 9.37. The molecule has 2 fully saturated rings. The lowest BCUT2D eigenvalue weighted by Crippen LogP contribution is -2.50. The van der Waals surface area contributed by atoms with Gasteiger partial charge in [-0.25, -0.2) is 0 Å². The van der Waals surface area contributed by atoms with Crippen molar-refractivity contribution < 1.29 is 4.79 Å². The normalized spacial score (nSPS) is 38.7. The summed E-state index contributed by atoms with van der Waals surface area (Å²) in [6.07, 6.45) is 14.1. The van der Waals surface area contributed by atoms with Crippen LogP contribution in [0.25, 0.3) is 0 Å². The van der Waals surface area contributed by atoms with Crippen LogP contribution in [-0.2, 0) is 11.2 Å². The summed E-state index contributed by atoms with van der Waals surface area (Å²) in [4.78, 5) is 13.3. The first-order valence-corrected chi connectivity index (χ1v) is 12.3. The van der Waals surface area contributed by atoms with Gasteiger partial charge in [-0.05, 0) is 97.2 Å². The summed E-state index contributed by atoms with van der Waals surface area (Å²) < 4.78 is 0. The van der Waals surface area contributed by atoms with Crippen molar-refractivity contribution >= 4 is 5.78 Å². The molecule has 0 saturated heterocycles. The van der Waals surface area contributed by atoms with Gasteiger partial charge in [-0.1, -0.05) is 50.3 Å². The lowest BCUT2D eigenvalue weighted by molar-refractivity contribution is -0.129. The van der Waals surface area contributed by atoms with E-state index in [9.17, 15) is 10.1 Å². The van der Waals surface area contributed by atoms with Crippen molar-refractivity contribution in [3.05, 3.63) is 59.2 Å². The van der Waals surface area contributed by atoms with Crippen LogP contribution in [0.1, 0.15) is 70.8 Å². The van der Waals surface area contributed by atoms with Crippen LogP contribution in [0.5, 0.6) is 0 Å². The fourth-order valence-corrected chi connectivity index (χ4v) is 8.03. The Morgan fingerprint density at radius 2 is 1.90 bits per heavy atom. The van der Waals surface area contributed by atoms with Crippen LogP contribution in [0.4, 0.5) is 0 Å². The third-order valence-corrected chi connectivity index (χ3v) is 9.80. The maximum Gasteiger partial charge on any atom is 0.136 e. The summed E-state index contributed by atoms with van der Waals surface area (Å²) in [5.74, 6) is 2.84. The lowest BCUT2D eigenvalue weighted by Gasteiger charge is -2.57. The second-order valence-electron chi connectivity index (χ2n) is 11.1. The Kier molecular flexibility index (Phi) is 5.20. The first-order chi connectivity index (χ1) is 15.0. The average molecular weight is 414 g/mol. The predicted molar refractivity (Wildman–Crippen MR) is 124 cm³/mol. The molecule has 2 nitrogen and oxygen atoms in total. The molecule has 0 radical (unpaired) electrons. The Morgan fingerprint density at radius 3 is 2.68 bits per heavy atom. The van der Waals surface area contributed by atoms with Gasteiger partial charge in [0.05, 0.1) is 6.07 Å². The highest BCUT2D eigenvalue weighted by Crippen LogP contribution is 2.66. The Labute approximate surface area is 187 Å². The van der Waals surface area contributed by atoms with E-state index in [1.54, 1.807) is 0 Å². The number of hydrogen-bond donors (Lipinski definition) is 0. The van der Waals surface area contributed by atoms with Crippen molar-refractivity contribution in [2.24, 2.45) is 34.5 Å². The van der Waals surface area contributed by atoms with Gasteiger partial charge in [-0.2, -0.15) is 5.26 Å². The standard InChI is InChI=1S/C29H35NO/c1-28-16-14-21(19-30)18-22(28)9-10-23-24-11-12-26(29(24,2)17-15-25(23)28)27(31)13-8-20-6-4-3-5-7-20/h3-7,9,18,23-26H,8,10-17H2,1-2H3/t23-,24-,25-,26+,28-,29-/m0/s1. The molecule has 0 heterocycles. The van der Waals surface area contributed by atoms with Crippen LogP contribution < -0.4 is 0 Å². The van der Waals surface area contributed by atoms with Crippen molar-refractivity contribution in [3.63, 3.8) is 0 Å². The van der Waals surface area contributed by atoms with Crippen molar-refractivity contribution in [1.29, 1.82) is 5.26 Å². The van der Waals surface area contributed by atoms with Gasteiger partial charge in [-0.15, -0.1) is 0 Å². The van der Waals surface area contributed by atoms with E-state index in [0.29, 0.717) is 30.0 Å². The molecular weight excluding hydrogens is 378 g/mol. The van der Waals surface area contributed by atoms with Gasteiger partial charge in [0.1, 0.15) is 5.78 Å². The van der Waals surface area contributed by atoms with Crippen LogP contribution in [0.3, 0.4) is 0 Å². The summed E-state index contributed by atoms with van der Waals surface area (Å²) in [7, 11) is 0. The van der Waals surface area contributed by atoms with Crippen LogP contribution in [0.2, 0.25) is 0 Å². The maximum absolute atomic E-state index is 13.3. The Morgan fingerprint density at radius 1 is 1.10 bits per heavy atom. The zero-order valence-corrected chi connectivity index (χ0v) is 19.1. The zero-order valence-electron chi connectivity index (χ0n) is 19.1. The van der Waals surface area contributed by atoms with Gasteiger partial charge >= 0.3 is 0 Å². The number of rotatable bonds is 4. The van der Waals surface area contributed by atoms with Gasteiger partial charge in [0.25, 0.3) is 0 Å². The number of hydrogen-bond acceptors (Lipinski definition) is 2. The van der Waals surface area contributed by atoms with Crippen molar-refractivity contribution in [3.8, 4) is 6.07 Å². The SMILES string of the molecule is C[C@]12CC[C@H]3[C@@H](CC=C4C=C(C#N)CC[C@@]43C)[C@@H]1CC[C@@H]2C(=O)CCc1ccccc1. The summed E-state index contributed by atoms with van der Waals surface area (Å²) in [5.41, 5.74) is 4.06. The first kappa shape index (κ1) is 20.7. The van der Waals surface area contributed by atoms with E-state index in [4.69, 9.17) is 0 Å². The summed E-state index contributed by atoms with van der Waals surface area (Å²) in [6, 6.07) is 12.9. The number of carbonyl (C=O) groups is 1. The minimum atomic E-state index is 0.180. The first-order valence-electron chi connectivity index (χ1n) is 12.3. The molecule has 0 aliphatic heterocycles. The number of Topliss-reactive ketones (excluding diaryl/α,β-unsaturated/α-hetero) is 1. The van der Waals surface area contributed by atoms with E-state index in [1.165, 1.54) is 30.4 Å². The van der Waals surface area contributed by atoms with Gasteiger partial charge in [0, 0.05) is 17.9 Å². The van der Waals surface area contributed by atoms with E-state index < -0.39 is 0 Å². The summed E-state index contributed by atoms with van der Waals surface area (Å²) >= 11 is 0. The van der Waals surface area contributed by atoms with Crippen molar-refractivity contribution in [2.75, 3.05) is 0 Å². The molecule has 2 saturated carbocycles. The smallest absolute Gasteiger partial charge is 0.136 e. The van der Waals surface area contributed by atoms with E-state index in [-0.39, 0.29) is 16.7 Å². The van der Waals surface area contributed by atoms with Gasteiger partial charge in [0.2, 0.25) is 0 Å². The molecule has 0 amide bonds. The van der Waals surface area contributed by atoms with E-state index in [0.717, 1.165) is 37.7 Å². The topological polar surface area (TPSA) is 40.9 Å². The molecule has 6 atom stereocenters. The minimum absolute atomic E-state index is 0.180. The highest BCUT2D eigenvalue weighted by Gasteiger charge is 2.59. The number of ketones is 1. The Balaban J connectivity index is 1.34. The molecule has 0 bridgehead atoms. The highest BCUT2D eigenvalue weighted by atomic mass is 16.1. The van der Waals surface area contributed by atoms with E-state index in [1.807, 2.05) is 6.07 Å². The lowest BCUT2D eigenvalue weighted by atomic mass is 9.47. The second-order valence-corrected chi connectivity index (χ2v) is 11.1. The van der Waals surface area contributed by atoms with Gasteiger partial charge < -0.3 is 0 Å². The summed E-state index contributed by atoms with van der Waals surface area (Å²) in [6.45, 7) is 4.91. The molecule has 0 unspecified atom stereocenters. The number of benzene rings is 1. The minimum Gasteiger partial charge on any atom is -0.299 e. The molecule has 0 N–H and O–H groups in total. The van der Waals surface area contributed by atoms with Crippen LogP contribution >= 0.6 is 0 Å². The number of fused-ring (bicyclic) bond motifs is 5. The number of nitriles is 1. The molecule has 4 aliphatic rings. The van der Waals surface area contributed by atoms with Gasteiger partial charge in [-0.3, -0.25) is 4.79 Å². The molecule has 0 spiro atoms. The van der Waals surface area contributed by atoms with Crippen molar-refractivity contribution in [1.82, 2.24) is 0 Å². The second kappa shape index (κ2) is 7.77. The van der Waals surface area contributed by atoms with Crippen molar-refractivity contribution in [2.45, 2.75) is 71.6 Å². The van der Waals surface area contributed by atoms with E-state index in [2.05, 4.69) is 56.3 Å². The maximum atomic E-state index is 13.3. The largest absolute Gasteiger partial charge is 0.299 e. The van der Waals surface area contributed by atoms with Crippen LogP contribution in [0.15, 0.2) is 53.6 Å². The monoisotopic (exact) mass is 413 g/mol. The molecule has 4 aliphatic carbocycles. The molecule has 1 aromatic rings. The molecule has 1 aromatic carbocycles. The fraction of sp³-hybridized carbons (Fsp3) is 0.586. The molecule has 5 rings (SSSR count). The molecule has 2 heteroatoms. The molecule has 0 aromatic heterocycles. The third kappa shape index (κ3) is 3.32. The third-order valence-electron chi connectivity index (χ3n) is 9.80. The number of allylic oxidation sites excluding steroid dienone is 4. The van der Waals surface area contributed by atoms with Crippen LogP contribution in [-0.4, -0.2) is 5.78 Å². The van der Waals surface area contributed by atoms with E-state index >= 15 is 0 Å².